The third kappa shape index (κ3) is 3.61. The average Bonchev–Trinajstić information content (AvgIpc) is 3.14. The van der Waals surface area contributed by atoms with Gasteiger partial charge in [-0.25, -0.2) is 0 Å². The predicted molar refractivity (Wildman–Crippen MR) is 125 cm³/mol. The summed E-state index contributed by atoms with van der Waals surface area (Å²) in [6.07, 6.45) is 3.44. The number of nitrogens with zero attached hydrogens (tertiary/aromatic N) is 3. The Morgan fingerprint density at radius 1 is 1.16 bits per heavy atom. The maximum absolute atomic E-state index is 13.3. The minimum Gasteiger partial charge on any atom is -0.392 e. The summed E-state index contributed by atoms with van der Waals surface area (Å²) in [6, 6.07) is 12.8. The summed E-state index contributed by atoms with van der Waals surface area (Å²) in [7, 11) is 1.73. The number of aryl methyl sites for hydroxylation is 1. The van der Waals surface area contributed by atoms with Crippen LogP contribution in [0, 0.1) is 0 Å². The zero-order chi connectivity index (χ0) is 23.2. The lowest BCUT2D eigenvalue weighted by molar-refractivity contribution is 0.0992. The lowest BCUT2D eigenvalue weighted by atomic mass is 9.86. The van der Waals surface area contributed by atoms with Gasteiger partial charge in [-0.05, 0) is 40.8 Å². The third-order valence-corrected chi connectivity index (χ3v) is 5.76. The zero-order valence-corrected chi connectivity index (χ0v) is 18.6. The summed E-state index contributed by atoms with van der Waals surface area (Å²) in [5, 5.41) is 15.9. The molecular formula is C25H26N4O3. The molecule has 0 radical (unpaired) electrons. The molecule has 1 amide bonds. The van der Waals surface area contributed by atoms with Gasteiger partial charge in [0.15, 0.2) is 0 Å². The van der Waals surface area contributed by atoms with Crippen molar-refractivity contribution in [3.63, 3.8) is 0 Å². The molecule has 0 fully saturated rings. The van der Waals surface area contributed by atoms with Gasteiger partial charge in [-0.3, -0.25) is 9.59 Å². The van der Waals surface area contributed by atoms with Crippen molar-refractivity contribution < 1.29 is 9.90 Å². The lowest BCUT2D eigenvalue weighted by Gasteiger charge is -2.19. The van der Waals surface area contributed by atoms with Gasteiger partial charge in [0.1, 0.15) is 5.69 Å². The van der Waals surface area contributed by atoms with Gasteiger partial charge in [-0.1, -0.05) is 39.0 Å². The predicted octanol–water partition coefficient (Wildman–Crippen LogP) is 3.28. The van der Waals surface area contributed by atoms with Crippen LogP contribution in [-0.4, -0.2) is 25.4 Å². The van der Waals surface area contributed by atoms with Crippen molar-refractivity contribution in [3.05, 3.63) is 82.0 Å². The van der Waals surface area contributed by atoms with Crippen molar-refractivity contribution in [2.24, 2.45) is 12.8 Å². The maximum atomic E-state index is 13.3. The van der Waals surface area contributed by atoms with Crippen LogP contribution in [0.1, 0.15) is 42.4 Å². The Hall–Kier alpha value is -3.71. The molecule has 0 unspecified atom stereocenters. The maximum Gasteiger partial charge on any atom is 0.279 e. The summed E-state index contributed by atoms with van der Waals surface area (Å²) in [5.74, 6) is -0.539. The number of aliphatic hydroxyl groups is 1. The molecule has 2 heterocycles. The van der Waals surface area contributed by atoms with Crippen molar-refractivity contribution in [2.45, 2.75) is 32.8 Å². The van der Waals surface area contributed by atoms with E-state index in [1.54, 1.807) is 42.2 Å². The third-order valence-electron chi connectivity index (χ3n) is 5.76. The van der Waals surface area contributed by atoms with Gasteiger partial charge in [0.2, 0.25) is 0 Å². The molecule has 7 nitrogen and oxygen atoms in total. The van der Waals surface area contributed by atoms with Crippen molar-refractivity contribution in [1.82, 2.24) is 14.3 Å². The second kappa shape index (κ2) is 7.76. The summed E-state index contributed by atoms with van der Waals surface area (Å²) in [4.78, 5) is 25.0. The molecule has 32 heavy (non-hydrogen) atoms. The standard InChI is InChI=1S/C25H26N4O3/c1-25(2,3)17-8-9-19-15(10-17)12-27-29(24(19)32)21-7-5-6-18(20(21)14-30)16-11-22(23(26)31)28(4)13-16/h5-13,30H,14H2,1-4H3,(H2,26,31). The van der Waals surface area contributed by atoms with Crippen LogP contribution in [0.2, 0.25) is 0 Å². The number of aliphatic hydroxyl groups excluding tert-OH is 1. The van der Waals surface area contributed by atoms with Crippen LogP contribution in [0.15, 0.2) is 59.7 Å². The van der Waals surface area contributed by atoms with E-state index in [4.69, 9.17) is 5.73 Å². The van der Waals surface area contributed by atoms with Crippen molar-refractivity contribution in [1.29, 1.82) is 0 Å². The quantitative estimate of drug-likeness (QED) is 0.519. The number of benzene rings is 2. The summed E-state index contributed by atoms with van der Waals surface area (Å²) < 4.78 is 2.95. The number of nitrogens with two attached hydrogens (primary N) is 1. The number of carbonyl (C=O) groups excluding carboxylic acids is 1. The molecule has 0 saturated heterocycles. The lowest BCUT2D eigenvalue weighted by Crippen LogP contribution is -2.23. The fraction of sp³-hybridized carbons (Fsp3) is 0.240. The summed E-state index contributed by atoms with van der Waals surface area (Å²) in [6.45, 7) is 6.06. The van der Waals surface area contributed by atoms with E-state index in [2.05, 4.69) is 25.9 Å². The molecule has 0 spiro atoms. The molecule has 164 valence electrons. The number of fused-ring (bicyclic) bond motifs is 1. The van der Waals surface area contributed by atoms with Crippen molar-refractivity contribution in [2.75, 3.05) is 0 Å². The molecule has 3 N–H and O–H groups in total. The minimum atomic E-state index is -0.539. The van der Waals surface area contributed by atoms with E-state index in [1.807, 2.05) is 24.3 Å². The van der Waals surface area contributed by atoms with Crippen LogP contribution < -0.4 is 11.3 Å². The highest BCUT2D eigenvalue weighted by molar-refractivity contribution is 5.93. The number of carbonyl (C=O) groups is 1. The monoisotopic (exact) mass is 430 g/mol. The molecule has 0 aliphatic heterocycles. The smallest absolute Gasteiger partial charge is 0.279 e. The first-order chi connectivity index (χ1) is 15.1. The summed E-state index contributed by atoms with van der Waals surface area (Å²) >= 11 is 0. The molecule has 0 aliphatic carbocycles. The van der Waals surface area contributed by atoms with E-state index >= 15 is 0 Å². The molecule has 0 atom stereocenters. The number of rotatable bonds is 4. The van der Waals surface area contributed by atoms with E-state index in [-0.39, 0.29) is 17.6 Å². The topological polar surface area (TPSA) is 103 Å². The number of hydrogen-bond acceptors (Lipinski definition) is 4. The molecule has 2 aromatic heterocycles. The number of hydrogen-bond donors (Lipinski definition) is 2. The normalized spacial score (nSPS) is 11.8. The SMILES string of the molecule is Cn1cc(-c2cccc(-n3ncc4cc(C(C)(C)C)ccc4c3=O)c2CO)cc1C(N)=O. The summed E-state index contributed by atoms with van der Waals surface area (Å²) in [5.41, 5.74) is 9.05. The average molecular weight is 431 g/mol. The first kappa shape index (κ1) is 21.5. The van der Waals surface area contributed by atoms with Crippen LogP contribution in [0.25, 0.3) is 27.6 Å². The number of amides is 1. The Morgan fingerprint density at radius 3 is 2.53 bits per heavy atom. The highest BCUT2D eigenvalue weighted by Crippen LogP contribution is 2.30. The van der Waals surface area contributed by atoms with E-state index in [9.17, 15) is 14.7 Å². The number of aromatic nitrogens is 3. The van der Waals surface area contributed by atoms with Gasteiger partial charge in [-0.2, -0.15) is 9.78 Å². The van der Waals surface area contributed by atoms with Crippen molar-refractivity contribution in [3.8, 4) is 16.8 Å². The molecule has 4 rings (SSSR count). The highest BCUT2D eigenvalue weighted by Gasteiger charge is 2.18. The van der Waals surface area contributed by atoms with Gasteiger partial charge in [0.25, 0.3) is 11.5 Å². The molecule has 0 aliphatic rings. The number of primary amides is 1. The minimum absolute atomic E-state index is 0.0408. The van der Waals surface area contributed by atoms with E-state index in [0.717, 1.165) is 16.5 Å². The van der Waals surface area contributed by atoms with Gasteiger partial charge >= 0.3 is 0 Å². The van der Waals surface area contributed by atoms with Crippen LogP contribution in [0.4, 0.5) is 0 Å². The van der Waals surface area contributed by atoms with E-state index < -0.39 is 5.91 Å². The largest absolute Gasteiger partial charge is 0.392 e. The van der Waals surface area contributed by atoms with Gasteiger partial charge in [0, 0.05) is 29.8 Å². The van der Waals surface area contributed by atoms with Crippen molar-refractivity contribution >= 4 is 16.7 Å². The van der Waals surface area contributed by atoms with Crippen LogP contribution in [0.3, 0.4) is 0 Å². The van der Waals surface area contributed by atoms with Gasteiger partial charge in [0.05, 0.1) is 23.9 Å². The van der Waals surface area contributed by atoms with Crippen LogP contribution >= 0.6 is 0 Å². The molecule has 0 bridgehead atoms. The molecule has 4 aromatic rings. The Labute approximate surface area is 185 Å². The molecule has 7 heteroatoms. The van der Waals surface area contributed by atoms with E-state index in [0.29, 0.717) is 27.9 Å². The Kier molecular flexibility index (Phi) is 5.22. The molecular weight excluding hydrogens is 404 g/mol. The Bertz CT molecular complexity index is 1410. The Balaban J connectivity index is 1.90. The second-order valence-corrected chi connectivity index (χ2v) is 8.96. The van der Waals surface area contributed by atoms with Gasteiger partial charge < -0.3 is 15.4 Å². The fourth-order valence-electron chi connectivity index (χ4n) is 3.96. The first-order valence-electron chi connectivity index (χ1n) is 10.3. The fourth-order valence-corrected chi connectivity index (χ4v) is 3.96. The van der Waals surface area contributed by atoms with Crippen LogP contribution in [-0.2, 0) is 19.1 Å². The molecule has 2 aromatic carbocycles. The van der Waals surface area contributed by atoms with Gasteiger partial charge in [-0.15, -0.1) is 0 Å². The van der Waals surface area contributed by atoms with Crippen LogP contribution in [0.5, 0.6) is 0 Å². The zero-order valence-electron chi connectivity index (χ0n) is 18.6. The Morgan fingerprint density at radius 2 is 1.91 bits per heavy atom. The van der Waals surface area contributed by atoms with E-state index in [1.165, 1.54) is 4.68 Å². The highest BCUT2D eigenvalue weighted by atomic mass is 16.3. The molecule has 0 saturated carbocycles. The first-order valence-corrected chi connectivity index (χ1v) is 10.3. The second-order valence-electron chi connectivity index (χ2n) is 8.96.